The standard InChI is InChI=1S/C23H28N2O5S2/c1-18-9-11-21(12-10-18)32(29,30)25-14-5-8-22(25)23(26)24(16-19-6-3-2-4-7-19)20-13-15-31(27,28)17-20/h2-4,6-7,9-12,20,22H,5,8,13-17H2,1H3/t20-,22-/m1/s1. The van der Waals surface area contributed by atoms with Crippen LogP contribution in [0.2, 0.25) is 0 Å². The van der Waals surface area contributed by atoms with Gasteiger partial charge < -0.3 is 4.90 Å². The summed E-state index contributed by atoms with van der Waals surface area (Å²) in [6.07, 6.45) is 1.39. The topological polar surface area (TPSA) is 91.8 Å². The molecule has 0 aliphatic carbocycles. The molecule has 2 atom stereocenters. The van der Waals surface area contributed by atoms with Crippen LogP contribution in [0.15, 0.2) is 59.5 Å². The van der Waals surface area contributed by atoms with Crippen molar-refractivity contribution in [2.45, 2.75) is 49.7 Å². The summed E-state index contributed by atoms with van der Waals surface area (Å²) in [5.74, 6) is -0.348. The van der Waals surface area contributed by atoms with E-state index in [2.05, 4.69) is 0 Å². The second-order valence-electron chi connectivity index (χ2n) is 8.60. The fraction of sp³-hybridized carbons (Fsp3) is 0.435. The second-order valence-corrected chi connectivity index (χ2v) is 12.7. The van der Waals surface area contributed by atoms with Crippen LogP contribution in [-0.4, -0.2) is 62.1 Å². The number of sulfonamides is 1. The quantitative estimate of drug-likeness (QED) is 0.638. The monoisotopic (exact) mass is 476 g/mol. The molecule has 0 N–H and O–H groups in total. The van der Waals surface area contributed by atoms with E-state index in [-0.39, 0.29) is 35.4 Å². The molecule has 9 heteroatoms. The predicted molar refractivity (Wildman–Crippen MR) is 122 cm³/mol. The molecule has 4 rings (SSSR count). The van der Waals surface area contributed by atoms with Gasteiger partial charge in [0.1, 0.15) is 6.04 Å². The lowest BCUT2D eigenvalue weighted by atomic mass is 10.1. The molecule has 2 aromatic carbocycles. The van der Waals surface area contributed by atoms with Crippen molar-refractivity contribution < 1.29 is 21.6 Å². The highest BCUT2D eigenvalue weighted by atomic mass is 32.2. The van der Waals surface area contributed by atoms with Crippen LogP contribution in [-0.2, 0) is 31.2 Å². The van der Waals surface area contributed by atoms with E-state index in [0.717, 1.165) is 11.1 Å². The van der Waals surface area contributed by atoms with Gasteiger partial charge in [0, 0.05) is 19.1 Å². The Morgan fingerprint density at radius 2 is 1.75 bits per heavy atom. The Kier molecular flexibility index (Phi) is 6.42. The number of rotatable bonds is 6. The zero-order chi connectivity index (χ0) is 22.9. The number of carbonyl (C=O) groups is 1. The van der Waals surface area contributed by atoms with Crippen LogP contribution in [0.4, 0.5) is 0 Å². The number of hydrogen-bond donors (Lipinski definition) is 0. The number of aryl methyl sites for hydroxylation is 1. The average molecular weight is 477 g/mol. The van der Waals surface area contributed by atoms with Crippen molar-refractivity contribution in [3.05, 3.63) is 65.7 Å². The maximum atomic E-state index is 13.7. The van der Waals surface area contributed by atoms with Crippen molar-refractivity contribution in [1.29, 1.82) is 0 Å². The maximum absolute atomic E-state index is 13.7. The summed E-state index contributed by atoms with van der Waals surface area (Å²) in [4.78, 5) is 15.5. The van der Waals surface area contributed by atoms with Gasteiger partial charge in [0.15, 0.2) is 9.84 Å². The first-order valence-electron chi connectivity index (χ1n) is 10.8. The Morgan fingerprint density at radius 3 is 2.38 bits per heavy atom. The van der Waals surface area contributed by atoms with Crippen molar-refractivity contribution in [1.82, 2.24) is 9.21 Å². The molecule has 1 amide bonds. The van der Waals surface area contributed by atoms with Crippen LogP contribution in [0.5, 0.6) is 0 Å². The van der Waals surface area contributed by atoms with Crippen molar-refractivity contribution in [2.24, 2.45) is 0 Å². The van der Waals surface area contributed by atoms with Crippen molar-refractivity contribution >= 4 is 25.8 Å². The highest BCUT2D eigenvalue weighted by Gasteiger charge is 2.44. The maximum Gasteiger partial charge on any atom is 0.243 e. The van der Waals surface area contributed by atoms with E-state index in [4.69, 9.17) is 0 Å². The minimum absolute atomic E-state index is 0.0479. The van der Waals surface area contributed by atoms with Gasteiger partial charge in [-0.1, -0.05) is 48.0 Å². The Morgan fingerprint density at radius 1 is 1.06 bits per heavy atom. The molecule has 0 saturated carbocycles. The molecule has 2 heterocycles. The number of benzene rings is 2. The Balaban J connectivity index is 1.64. The molecular formula is C23H28N2O5S2. The van der Waals surface area contributed by atoms with Crippen LogP contribution < -0.4 is 0 Å². The van der Waals surface area contributed by atoms with Gasteiger partial charge in [0.2, 0.25) is 15.9 Å². The number of nitrogens with zero attached hydrogens (tertiary/aromatic N) is 2. The average Bonchev–Trinajstić information content (AvgIpc) is 3.39. The van der Waals surface area contributed by atoms with Gasteiger partial charge in [-0.15, -0.1) is 0 Å². The summed E-state index contributed by atoms with van der Waals surface area (Å²) in [6, 6.07) is 14.7. The molecule has 0 aromatic heterocycles. The molecule has 2 aromatic rings. The SMILES string of the molecule is Cc1ccc(S(=O)(=O)N2CCC[C@@H]2C(=O)N(Cc2ccccc2)[C@@H]2CCS(=O)(=O)C2)cc1. The zero-order valence-electron chi connectivity index (χ0n) is 18.1. The van der Waals surface area contributed by atoms with Crippen LogP contribution >= 0.6 is 0 Å². The van der Waals surface area contributed by atoms with E-state index < -0.39 is 31.9 Å². The lowest BCUT2D eigenvalue weighted by Gasteiger charge is -2.33. The lowest BCUT2D eigenvalue weighted by Crippen LogP contribution is -2.51. The summed E-state index contributed by atoms with van der Waals surface area (Å²) in [5.41, 5.74) is 1.84. The Labute approximate surface area is 190 Å². The van der Waals surface area contributed by atoms with E-state index in [1.54, 1.807) is 29.2 Å². The third-order valence-electron chi connectivity index (χ3n) is 6.24. The predicted octanol–water partition coefficient (Wildman–Crippen LogP) is 2.36. The first-order valence-corrected chi connectivity index (χ1v) is 14.1. The summed E-state index contributed by atoms with van der Waals surface area (Å²) in [7, 11) is -7.04. The highest BCUT2D eigenvalue weighted by molar-refractivity contribution is 7.91. The number of hydrogen-bond acceptors (Lipinski definition) is 5. The summed E-state index contributed by atoms with van der Waals surface area (Å²) in [6.45, 7) is 2.42. The number of carbonyl (C=O) groups excluding carboxylic acids is 1. The van der Waals surface area contributed by atoms with E-state index in [9.17, 15) is 21.6 Å². The molecule has 2 aliphatic rings. The largest absolute Gasteiger partial charge is 0.333 e. The van der Waals surface area contributed by atoms with Gasteiger partial charge in [-0.05, 0) is 43.9 Å². The molecule has 2 fully saturated rings. The lowest BCUT2D eigenvalue weighted by molar-refractivity contribution is -0.137. The third-order valence-corrected chi connectivity index (χ3v) is 9.92. The molecule has 0 radical (unpaired) electrons. The molecule has 32 heavy (non-hydrogen) atoms. The van der Waals surface area contributed by atoms with Gasteiger partial charge in [-0.3, -0.25) is 4.79 Å². The smallest absolute Gasteiger partial charge is 0.243 e. The van der Waals surface area contributed by atoms with Crippen LogP contribution in [0.1, 0.15) is 30.4 Å². The molecule has 0 unspecified atom stereocenters. The zero-order valence-corrected chi connectivity index (χ0v) is 19.7. The van der Waals surface area contributed by atoms with Crippen molar-refractivity contribution in [3.8, 4) is 0 Å². The van der Waals surface area contributed by atoms with E-state index in [1.807, 2.05) is 37.3 Å². The van der Waals surface area contributed by atoms with Gasteiger partial charge in [-0.25, -0.2) is 16.8 Å². The van der Waals surface area contributed by atoms with E-state index >= 15 is 0 Å². The minimum Gasteiger partial charge on any atom is -0.333 e. The van der Waals surface area contributed by atoms with Gasteiger partial charge >= 0.3 is 0 Å². The summed E-state index contributed by atoms with van der Waals surface area (Å²) in [5, 5.41) is 0. The molecule has 2 saturated heterocycles. The van der Waals surface area contributed by atoms with Crippen molar-refractivity contribution in [3.63, 3.8) is 0 Å². The molecule has 172 valence electrons. The van der Waals surface area contributed by atoms with Crippen LogP contribution in [0, 0.1) is 6.92 Å². The van der Waals surface area contributed by atoms with Crippen molar-refractivity contribution in [2.75, 3.05) is 18.1 Å². The molecule has 7 nitrogen and oxygen atoms in total. The number of sulfone groups is 1. The number of amides is 1. The third kappa shape index (κ3) is 4.74. The molecule has 0 bridgehead atoms. The van der Waals surface area contributed by atoms with E-state index in [1.165, 1.54) is 4.31 Å². The summed E-state index contributed by atoms with van der Waals surface area (Å²) < 4.78 is 52.2. The normalized spacial score (nSPS) is 23.3. The van der Waals surface area contributed by atoms with Gasteiger partial charge in [0.25, 0.3) is 0 Å². The van der Waals surface area contributed by atoms with Crippen LogP contribution in [0.3, 0.4) is 0 Å². The van der Waals surface area contributed by atoms with Gasteiger partial charge in [-0.2, -0.15) is 4.31 Å². The van der Waals surface area contributed by atoms with Gasteiger partial charge in [0.05, 0.1) is 16.4 Å². The molecule has 2 aliphatic heterocycles. The Hall–Kier alpha value is -2.23. The first kappa shape index (κ1) is 22.9. The first-order chi connectivity index (χ1) is 15.2. The fourth-order valence-corrected chi connectivity index (χ4v) is 7.88. The fourth-order valence-electron chi connectivity index (χ4n) is 4.50. The molecular weight excluding hydrogens is 448 g/mol. The summed E-state index contributed by atoms with van der Waals surface area (Å²) >= 11 is 0. The second kappa shape index (κ2) is 8.96. The minimum atomic E-state index is -3.83. The highest BCUT2D eigenvalue weighted by Crippen LogP contribution is 2.30. The Bertz CT molecular complexity index is 1180. The van der Waals surface area contributed by atoms with E-state index in [0.29, 0.717) is 19.3 Å². The van der Waals surface area contributed by atoms with Crippen LogP contribution in [0.25, 0.3) is 0 Å². The molecule has 0 spiro atoms.